The molecule has 0 radical (unpaired) electrons. The molecule has 0 aliphatic heterocycles. The highest BCUT2D eigenvalue weighted by molar-refractivity contribution is 6.04. The van der Waals surface area contributed by atoms with Crippen LogP contribution in [0.1, 0.15) is 29.7 Å². The first-order valence-corrected chi connectivity index (χ1v) is 9.91. The molecule has 0 bridgehead atoms. The largest absolute Gasteiger partial charge is 0.459 e. The lowest BCUT2D eigenvalue weighted by Crippen LogP contribution is -2.38. The van der Waals surface area contributed by atoms with E-state index in [0.717, 1.165) is 4.68 Å². The zero-order valence-corrected chi connectivity index (χ0v) is 17.2. The minimum absolute atomic E-state index is 0.0470. The van der Waals surface area contributed by atoms with Gasteiger partial charge in [-0.25, -0.2) is 4.68 Å². The number of aromatic nitrogens is 4. The summed E-state index contributed by atoms with van der Waals surface area (Å²) in [7, 11) is 0. The summed E-state index contributed by atoms with van der Waals surface area (Å²) in [5, 5.41) is 12.5. The Hall–Kier alpha value is -4.28. The van der Waals surface area contributed by atoms with Gasteiger partial charge >= 0.3 is 0 Å². The number of hydrogen-bond acceptors (Lipinski definition) is 8. The van der Waals surface area contributed by atoms with Gasteiger partial charge in [-0.05, 0) is 24.6 Å². The number of benzene rings is 1. The van der Waals surface area contributed by atoms with E-state index in [2.05, 4.69) is 15.3 Å². The number of primary amides is 1. The van der Waals surface area contributed by atoms with Gasteiger partial charge in [-0.1, -0.05) is 25.1 Å². The maximum atomic E-state index is 13.0. The van der Waals surface area contributed by atoms with Crippen molar-refractivity contribution >= 4 is 22.6 Å². The molecule has 0 unspecified atom stereocenters. The molecule has 0 spiro atoms. The van der Waals surface area contributed by atoms with Gasteiger partial charge in [0.2, 0.25) is 11.8 Å². The minimum Gasteiger partial charge on any atom is -0.459 e. The van der Waals surface area contributed by atoms with Crippen LogP contribution >= 0.6 is 0 Å². The Labute approximate surface area is 181 Å². The van der Waals surface area contributed by atoms with Gasteiger partial charge in [0.25, 0.3) is 17.4 Å². The first kappa shape index (κ1) is 21.0. The number of carbonyl (C=O) groups is 2. The number of hydrogen-bond donors (Lipinski definition) is 1. The molecule has 1 aromatic carbocycles. The first-order chi connectivity index (χ1) is 15.5. The van der Waals surface area contributed by atoms with Crippen molar-refractivity contribution in [3.63, 3.8) is 0 Å². The maximum Gasteiger partial charge on any atom is 0.283 e. The average Bonchev–Trinajstić information content (AvgIpc) is 3.47. The van der Waals surface area contributed by atoms with Crippen LogP contribution in [0.2, 0.25) is 0 Å². The molecule has 0 aliphatic carbocycles. The molecule has 32 heavy (non-hydrogen) atoms. The van der Waals surface area contributed by atoms with Gasteiger partial charge < -0.3 is 19.5 Å². The number of nitrogens with zero attached hydrogens (tertiary/aromatic N) is 5. The van der Waals surface area contributed by atoms with E-state index in [0.29, 0.717) is 24.1 Å². The number of amides is 2. The third kappa shape index (κ3) is 4.13. The van der Waals surface area contributed by atoms with Crippen molar-refractivity contribution < 1.29 is 18.4 Å². The second-order valence-electron chi connectivity index (χ2n) is 7.01. The second kappa shape index (κ2) is 8.84. The van der Waals surface area contributed by atoms with Gasteiger partial charge in [-0.15, -0.1) is 10.2 Å². The van der Waals surface area contributed by atoms with Gasteiger partial charge in [0.1, 0.15) is 6.54 Å². The SMILES string of the molecule is CCCN(Cc1nnc(-c2ccco2)o1)C(=O)Cn1nc(C(N)=O)c2ccccc2c1=O. The molecule has 164 valence electrons. The van der Waals surface area contributed by atoms with Gasteiger partial charge in [-0.2, -0.15) is 5.10 Å². The fraction of sp³-hybridized carbons (Fsp3) is 0.238. The van der Waals surface area contributed by atoms with E-state index in [-0.39, 0.29) is 36.0 Å². The Balaban J connectivity index is 1.60. The zero-order valence-electron chi connectivity index (χ0n) is 17.2. The summed E-state index contributed by atoms with van der Waals surface area (Å²) in [5.74, 6) is -0.348. The quantitative estimate of drug-likeness (QED) is 0.437. The number of furan rings is 1. The molecule has 4 rings (SSSR count). The molecule has 3 heterocycles. The summed E-state index contributed by atoms with van der Waals surface area (Å²) in [4.78, 5) is 39.2. The molecular formula is C21H20N6O5. The van der Waals surface area contributed by atoms with E-state index >= 15 is 0 Å². The molecule has 4 aromatic rings. The van der Waals surface area contributed by atoms with Crippen LogP contribution in [0.4, 0.5) is 0 Å². The van der Waals surface area contributed by atoms with Crippen LogP contribution in [-0.4, -0.2) is 43.2 Å². The molecule has 2 amide bonds. The highest BCUT2D eigenvalue weighted by Gasteiger charge is 2.21. The Kier molecular flexibility index (Phi) is 5.79. The highest BCUT2D eigenvalue weighted by Crippen LogP contribution is 2.19. The van der Waals surface area contributed by atoms with Crippen LogP contribution in [0.3, 0.4) is 0 Å². The topological polar surface area (TPSA) is 150 Å². The third-order valence-corrected chi connectivity index (χ3v) is 4.76. The van der Waals surface area contributed by atoms with E-state index < -0.39 is 17.4 Å². The molecule has 2 N–H and O–H groups in total. The van der Waals surface area contributed by atoms with Crippen molar-refractivity contribution in [2.45, 2.75) is 26.4 Å². The molecule has 11 nitrogen and oxygen atoms in total. The smallest absolute Gasteiger partial charge is 0.283 e. The second-order valence-corrected chi connectivity index (χ2v) is 7.01. The van der Waals surface area contributed by atoms with E-state index in [9.17, 15) is 14.4 Å². The van der Waals surface area contributed by atoms with E-state index in [1.807, 2.05) is 6.92 Å². The summed E-state index contributed by atoms with van der Waals surface area (Å²) in [6, 6.07) is 9.86. The molecule has 3 aromatic heterocycles. The molecule has 0 saturated heterocycles. The molecule has 0 fully saturated rings. The molecule has 0 atom stereocenters. The van der Waals surface area contributed by atoms with Crippen molar-refractivity contribution in [1.29, 1.82) is 0 Å². The first-order valence-electron chi connectivity index (χ1n) is 9.91. The van der Waals surface area contributed by atoms with Gasteiger partial charge in [0, 0.05) is 11.9 Å². The van der Waals surface area contributed by atoms with Crippen LogP contribution in [-0.2, 0) is 17.9 Å². The number of fused-ring (bicyclic) bond motifs is 1. The van der Waals surface area contributed by atoms with Crippen LogP contribution in [0.5, 0.6) is 0 Å². The predicted octanol–water partition coefficient (Wildman–Crippen LogP) is 1.58. The van der Waals surface area contributed by atoms with E-state index in [1.165, 1.54) is 11.2 Å². The highest BCUT2D eigenvalue weighted by atomic mass is 16.4. The summed E-state index contributed by atoms with van der Waals surface area (Å²) in [6.07, 6.45) is 2.15. The van der Waals surface area contributed by atoms with Gasteiger partial charge in [0.15, 0.2) is 11.5 Å². The summed E-state index contributed by atoms with van der Waals surface area (Å²) in [6.45, 7) is 1.98. The van der Waals surface area contributed by atoms with Crippen LogP contribution in [0.15, 0.2) is 56.3 Å². The summed E-state index contributed by atoms with van der Waals surface area (Å²) < 4.78 is 11.8. The summed E-state index contributed by atoms with van der Waals surface area (Å²) in [5.41, 5.74) is 4.87. The van der Waals surface area contributed by atoms with Crippen LogP contribution in [0.25, 0.3) is 22.4 Å². The molecule has 0 aliphatic rings. The van der Waals surface area contributed by atoms with E-state index in [1.54, 1.807) is 36.4 Å². The van der Waals surface area contributed by atoms with Crippen molar-refractivity contribution in [1.82, 2.24) is 24.9 Å². The third-order valence-electron chi connectivity index (χ3n) is 4.76. The standard InChI is InChI=1S/C21H20N6O5/c1-2-9-26(11-16-23-24-20(32-16)15-8-5-10-31-15)17(28)12-27-21(30)14-7-4-3-6-13(14)18(25-27)19(22)29/h3-8,10H,2,9,11-12H2,1H3,(H2,22,29). The van der Waals surface area contributed by atoms with Crippen molar-refractivity contribution in [3.05, 3.63) is 64.6 Å². The fourth-order valence-corrected chi connectivity index (χ4v) is 3.29. The van der Waals surface area contributed by atoms with E-state index in [4.69, 9.17) is 14.6 Å². The number of rotatable bonds is 8. The Morgan fingerprint density at radius 2 is 1.91 bits per heavy atom. The molecular weight excluding hydrogens is 416 g/mol. The lowest BCUT2D eigenvalue weighted by atomic mass is 10.1. The Morgan fingerprint density at radius 3 is 2.59 bits per heavy atom. The molecule has 11 heteroatoms. The van der Waals surface area contributed by atoms with Gasteiger partial charge in [-0.3, -0.25) is 14.4 Å². The van der Waals surface area contributed by atoms with Crippen molar-refractivity contribution in [2.75, 3.05) is 6.54 Å². The molecule has 0 saturated carbocycles. The maximum absolute atomic E-state index is 13.0. The minimum atomic E-state index is -0.788. The number of nitrogens with two attached hydrogens (primary N) is 1. The van der Waals surface area contributed by atoms with Crippen molar-refractivity contribution in [2.24, 2.45) is 5.73 Å². The average molecular weight is 436 g/mol. The van der Waals surface area contributed by atoms with Gasteiger partial charge in [0.05, 0.1) is 18.2 Å². The van der Waals surface area contributed by atoms with Crippen LogP contribution < -0.4 is 11.3 Å². The number of carbonyl (C=O) groups excluding carboxylic acids is 2. The zero-order chi connectivity index (χ0) is 22.7. The predicted molar refractivity (Wildman–Crippen MR) is 112 cm³/mol. The van der Waals surface area contributed by atoms with Crippen LogP contribution in [0, 0.1) is 0 Å². The normalized spacial score (nSPS) is 11.0. The Bertz CT molecular complexity index is 1320. The lowest BCUT2D eigenvalue weighted by Gasteiger charge is -2.20. The monoisotopic (exact) mass is 436 g/mol. The van der Waals surface area contributed by atoms with Crippen molar-refractivity contribution in [3.8, 4) is 11.7 Å². The lowest BCUT2D eigenvalue weighted by molar-refractivity contribution is -0.133. The summed E-state index contributed by atoms with van der Waals surface area (Å²) >= 11 is 0. The Morgan fingerprint density at radius 1 is 1.12 bits per heavy atom. The fourth-order valence-electron chi connectivity index (χ4n) is 3.29.